The maximum Gasteiger partial charge on any atom is 0.511 e. The third kappa shape index (κ3) is 4.75. The lowest BCUT2D eigenvalue weighted by atomic mass is 10.2. The van der Waals surface area contributed by atoms with Crippen molar-refractivity contribution < 1.29 is 21.6 Å². The van der Waals surface area contributed by atoms with Crippen molar-refractivity contribution in [2.24, 2.45) is 0 Å². The first-order valence-electron chi connectivity index (χ1n) is 4.81. The van der Waals surface area contributed by atoms with Crippen LogP contribution in [0.25, 0.3) is 0 Å². The highest BCUT2D eigenvalue weighted by Crippen LogP contribution is 2.26. The molecule has 0 aliphatic carbocycles. The van der Waals surface area contributed by atoms with Gasteiger partial charge >= 0.3 is 15.5 Å². The molecule has 8 heteroatoms. The summed E-state index contributed by atoms with van der Waals surface area (Å²) in [7, 11) is -5.40. The van der Waals surface area contributed by atoms with Crippen molar-refractivity contribution in [3.63, 3.8) is 0 Å². The second-order valence-electron chi connectivity index (χ2n) is 3.23. The predicted octanol–water partition coefficient (Wildman–Crippen LogP) is 2.02. The second-order valence-corrected chi connectivity index (χ2v) is 5.16. The zero-order valence-corrected chi connectivity index (χ0v) is 9.89. The molecule has 0 unspecified atom stereocenters. The van der Waals surface area contributed by atoms with Gasteiger partial charge in [-0.25, -0.2) is 8.42 Å². The number of halogens is 3. The maximum absolute atomic E-state index is 12.2. The number of alkyl halides is 3. The van der Waals surface area contributed by atoms with E-state index in [1.165, 1.54) is 6.07 Å². The van der Waals surface area contributed by atoms with Crippen molar-refractivity contribution in [1.29, 1.82) is 5.26 Å². The number of nitriles is 1. The molecule has 0 heterocycles. The Morgan fingerprint density at radius 2 is 1.94 bits per heavy atom. The summed E-state index contributed by atoms with van der Waals surface area (Å²) in [4.78, 5) is 0. The van der Waals surface area contributed by atoms with Crippen molar-refractivity contribution in [3.05, 3.63) is 12.7 Å². The molecule has 4 nitrogen and oxygen atoms in total. The number of sulfonamides is 1. The Bertz CT molecular complexity index is 384. The molecule has 0 bridgehead atoms. The van der Waals surface area contributed by atoms with Crippen LogP contribution in [0.1, 0.15) is 19.3 Å². The first-order valence-corrected chi connectivity index (χ1v) is 6.25. The number of rotatable bonds is 7. The van der Waals surface area contributed by atoms with Gasteiger partial charge in [0.25, 0.3) is 0 Å². The van der Waals surface area contributed by atoms with E-state index < -0.39 is 22.1 Å². The summed E-state index contributed by atoms with van der Waals surface area (Å²) in [5.41, 5.74) is -5.36. The molecule has 98 valence electrons. The van der Waals surface area contributed by atoms with Gasteiger partial charge < -0.3 is 0 Å². The van der Waals surface area contributed by atoms with Crippen LogP contribution in [0.3, 0.4) is 0 Å². The summed E-state index contributed by atoms with van der Waals surface area (Å²) < 4.78 is 58.9. The summed E-state index contributed by atoms with van der Waals surface area (Å²) in [5.74, 6) is 0. The van der Waals surface area contributed by atoms with Crippen molar-refractivity contribution in [3.8, 4) is 6.07 Å². The van der Waals surface area contributed by atoms with Gasteiger partial charge in [-0.3, -0.25) is 0 Å². The quantitative estimate of drug-likeness (QED) is 0.404. The Kier molecular flexibility index (Phi) is 6.20. The SMILES string of the molecule is C=CCCCCN(CC#N)S(=O)(=O)C(F)(F)F. The molecule has 0 N–H and O–H groups in total. The van der Waals surface area contributed by atoms with E-state index in [4.69, 9.17) is 5.26 Å². The minimum Gasteiger partial charge on any atom is -0.203 e. The van der Waals surface area contributed by atoms with Gasteiger partial charge in [0.15, 0.2) is 0 Å². The normalized spacial score (nSPS) is 12.4. The lowest BCUT2D eigenvalue weighted by Crippen LogP contribution is -2.41. The Morgan fingerprint density at radius 3 is 2.35 bits per heavy atom. The Morgan fingerprint density at radius 1 is 1.35 bits per heavy atom. The predicted molar refractivity (Wildman–Crippen MR) is 56.2 cm³/mol. The molecular formula is C9H13F3N2O2S. The van der Waals surface area contributed by atoms with E-state index in [1.54, 1.807) is 6.08 Å². The molecule has 0 amide bonds. The molecule has 0 aliphatic rings. The fourth-order valence-corrected chi connectivity index (χ4v) is 1.98. The second kappa shape index (κ2) is 6.61. The van der Waals surface area contributed by atoms with Gasteiger partial charge in [-0.15, -0.1) is 6.58 Å². The standard InChI is InChI=1S/C9H13F3N2O2S/c1-2-3-4-5-7-14(8-6-13)17(15,16)9(10,11)12/h2H,1,3-5,7-8H2. The molecule has 0 radical (unpaired) electrons. The summed E-state index contributed by atoms with van der Waals surface area (Å²) in [6, 6.07) is 1.41. The molecule has 0 saturated heterocycles. The Labute approximate surface area is 98.4 Å². The van der Waals surface area contributed by atoms with E-state index in [1.807, 2.05) is 0 Å². The fraction of sp³-hybridized carbons (Fsp3) is 0.667. The van der Waals surface area contributed by atoms with Gasteiger partial charge in [0.1, 0.15) is 6.54 Å². The lowest BCUT2D eigenvalue weighted by Gasteiger charge is -2.20. The minimum absolute atomic E-state index is 0.149. The molecule has 0 fully saturated rings. The van der Waals surface area contributed by atoms with E-state index in [2.05, 4.69) is 6.58 Å². The first-order chi connectivity index (χ1) is 7.77. The van der Waals surface area contributed by atoms with Crippen LogP contribution in [0.4, 0.5) is 13.2 Å². The summed E-state index contributed by atoms with van der Waals surface area (Å²) >= 11 is 0. The van der Waals surface area contributed by atoms with Crippen LogP contribution in [0, 0.1) is 11.3 Å². The number of nitrogens with zero attached hydrogens (tertiary/aromatic N) is 2. The zero-order valence-electron chi connectivity index (χ0n) is 9.07. The van der Waals surface area contributed by atoms with Crippen LogP contribution in [-0.2, 0) is 10.0 Å². The third-order valence-electron chi connectivity index (χ3n) is 1.95. The van der Waals surface area contributed by atoms with Crippen LogP contribution in [0.15, 0.2) is 12.7 Å². The van der Waals surface area contributed by atoms with E-state index in [0.29, 0.717) is 12.8 Å². The number of hydrogen-bond donors (Lipinski definition) is 0. The average molecular weight is 270 g/mol. The van der Waals surface area contributed by atoms with Crippen LogP contribution < -0.4 is 0 Å². The van der Waals surface area contributed by atoms with Gasteiger partial charge in [0.05, 0.1) is 6.07 Å². The Balaban J connectivity index is 4.64. The molecule has 0 saturated carbocycles. The first kappa shape index (κ1) is 15.9. The van der Waals surface area contributed by atoms with Gasteiger partial charge in [-0.2, -0.15) is 22.7 Å². The molecule has 0 spiro atoms. The molecular weight excluding hydrogens is 257 g/mol. The van der Waals surface area contributed by atoms with Gasteiger partial charge in [-0.1, -0.05) is 6.08 Å². The summed E-state index contributed by atoms with van der Waals surface area (Å²) in [6.07, 6.45) is 2.96. The molecule has 0 aromatic heterocycles. The smallest absolute Gasteiger partial charge is 0.203 e. The molecule has 0 aromatic carbocycles. The molecule has 0 atom stereocenters. The van der Waals surface area contributed by atoms with E-state index >= 15 is 0 Å². The molecule has 0 aliphatic heterocycles. The third-order valence-corrected chi connectivity index (χ3v) is 3.52. The van der Waals surface area contributed by atoms with E-state index in [-0.39, 0.29) is 17.3 Å². The van der Waals surface area contributed by atoms with Crippen molar-refractivity contribution in [2.45, 2.75) is 24.8 Å². The maximum atomic E-state index is 12.2. The monoisotopic (exact) mass is 270 g/mol. The highest BCUT2D eigenvalue weighted by molar-refractivity contribution is 7.90. The zero-order chi connectivity index (χ0) is 13.5. The van der Waals surface area contributed by atoms with Crippen molar-refractivity contribution in [2.75, 3.05) is 13.1 Å². The van der Waals surface area contributed by atoms with Crippen LogP contribution in [0.2, 0.25) is 0 Å². The molecule has 0 rings (SSSR count). The van der Waals surface area contributed by atoms with Crippen molar-refractivity contribution in [1.82, 2.24) is 4.31 Å². The largest absolute Gasteiger partial charge is 0.511 e. The number of hydrogen-bond acceptors (Lipinski definition) is 3. The van der Waals surface area contributed by atoms with E-state index in [0.717, 1.165) is 0 Å². The van der Waals surface area contributed by atoms with E-state index in [9.17, 15) is 21.6 Å². The molecule has 17 heavy (non-hydrogen) atoms. The van der Waals surface area contributed by atoms with Crippen LogP contribution >= 0.6 is 0 Å². The minimum atomic E-state index is -5.40. The molecule has 0 aromatic rings. The Hall–Kier alpha value is -1.07. The highest BCUT2D eigenvalue weighted by atomic mass is 32.2. The average Bonchev–Trinajstić information content (AvgIpc) is 2.21. The fourth-order valence-electron chi connectivity index (χ4n) is 1.09. The lowest BCUT2D eigenvalue weighted by molar-refractivity contribution is -0.0486. The number of unbranched alkanes of at least 4 members (excludes halogenated alkanes) is 2. The summed E-state index contributed by atoms with van der Waals surface area (Å²) in [5, 5.41) is 8.33. The van der Waals surface area contributed by atoms with Gasteiger partial charge in [0, 0.05) is 6.54 Å². The van der Waals surface area contributed by atoms with Crippen molar-refractivity contribution >= 4 is 10.0 Å². The van der Waals surface area contributed by atoms with Gasteiger partial charge in [0.2, 0.25) is 0 Å². The highest BCUT2D eigenvalue weighted by Gasteiger charge is 2.49. The number of allylic oxidation sites excluding steroid dienone is 1. The summed E-state index contributed by atoms with van der Waals surface area (Å²) in [6.45, 7) is 2.33. The topological polar surface area (TPSA) is 61.2 Å². The van der Waals surface area contributed by atoms with Gasteiger partial charge in [-0.05, 0) is 19.3 Å². The van der Waals surface area contributed by atoms with Crippen LogP contribution in [-0.4, -0.2) is 31.3 Å². The van der Waals surface area contributed by atoms with Crippen LogP contribution in [0.5, 0.6) is 0 Å².